The topological polar surface area (TPSA) is 142 Å². The Kier molecular flexibility index (Phi) is 7.28. The number of piperazine rings is 1. The summed E-state index contributed by atoms with van der Waals surface area (Å²) >= 11 is 6.96. The van der Waals surface area contributed by atoms with Gasteiger partial charge in [0, 0.05) is 51.2 Å². The first-order valence-electron chi connectivity index (χ1n) is 13.8. The van der Waals surface area contributed by atoms with Crippen molar-refractivity contribution < 1.29 is 4.79 Å². The molecule has 2 aromatic heterocycles. The van der Waals surface area contributed by atoms with E-state index in [-0.39, 0.29) is 11.8 Å². The summed E-state index contributed by atoms with van der Waals surface area (Å²) in [5.74, 6) is 1.23. The fraction of sp³-hybridized carbons (Fsp3) is 0.481. The van der Waals surface area contributed by atoms with Crippen LogP contribution in [0.2, 0.25) is 5.02 Å². The normalized spacial score (nSPS) is 20.0. The molecule has 1 aliphatic carbocycles. The smallest absolute Gasteiger partial charge is 0.247 e. The molecule has 3 fully saturated rings. The number of halogens is 1. The fourth-order valence-electron chi connectivity index (χ4n) is 5.52. The molecule has 1 atom stereocenters. The summed E-state index contributed by atoms with van der Waals surface area (Å²) in [5, 5.41) is 27.4. The van der Waals surface area contributed by atoms with Crippen molar-refractivity contribution in [3.8, 4) is 0 Å². The third-order valence-corrected chi connectivity index (χ3v) is 8.25. The third-order valence-electron chi connectivity index (χ3n) is 7.85. The maximum absolute atomic E-state index is 13.2. The van der Waals surface area contributed by atoms with Crippen LogP contribution in [0.5, 0.6) is 0 Å². The summed E-state index contributed by atoms with van der Waals surface area (Å²) in [7, 11) is 2.08. The monoisotopic (exact) mass is 563 g/mol. The Morgan fingerprint density at radius 2 is 1.90 bits per heavy atom. The number of piperidine rings is 1. The Morgan fingerprint density at radius 3 is 2.60 bits per heavy atom. The molecule has 6 rings (SSSR count). The zero-order chi connectivity index (χ0) is 27.8. The maximum atomic E-state index is 13.2. The van der Waals surface area contributed by atoms with E-state index in [0.29, 0.717) is 71.6 Å². The quantitative estimate of drug-likeness (QED) is 0.306. The van der Waals surface area contributed by atoms with Crippen molar-refractivity contribution in [1.29, 1.82) is 10.8 Å². The molecule has 4 N–H and O–H groups in total. The van der Waals surface area contributed by atoms with Crippen LogP contribution >= 0.6 is 11.6 Å². The van der Waals surface area contributed by atoms with Gasteiger partial charge in [-0.15, -0.1) is 5.10 Å². The van der Waals surface area contributed by atoms with Gasteiger partial charge < -0.3 is 36.2 Å². The molecule has 0 spiro atoms. The highest BCUT2D eigenvalue weighted by atomic mass is 35.5. The van der Waals surface area contributed by atoms with Crippen molar-refractivity contribution in [1.82, 2.24) is 29.4 Å². The van der Waals surface area contributed by atoms with Gasteiger partial charge in [-0.2, -0.15) is 4.98 Å². The third kappa shape index (κ3) is 5.33. The van der Waals surface area contributed by atoms with Gasteiger partial charge in [0.2, 0.25) is 11.9 Å². The highest BCUT2D eigenvalue weighted by molar-refractivity contribution is 6.36. The van der Waals surface area contributed by atoms with E-state index in [4.69, 9.17) is 22.4 Å². The molecule has 1 unspecified atom stereocenters. The van der Waals surface area contributed by atoms with Crippen LogP contribution in [-0.2, 0) is 4.79 Å². The Bertz CT molecular complexity index is 1440. The predicted molar refractivity (Wildman–Crippen MR) is 157 cm³/mol. The molecular formula is C27H34ClN11O. The van der Waals surface area contributed by atoms with E-state index in [1.807, 2.05) is 11.0 Å². The lowest BCUT2D eigenvalue weighted by Gasteiger charge is -2.39. The fourth-order valence-corrected chi connectivity index (χ4v) is 5.79. The standard InChI is InChI=1S/C27H34ClN11O/c1-36-6-2-3-18(16-36)26(40)38-9-7-37(8-10-38)22-12-17(13-29)11-21(23(22)28)33-27-34-24(32-19-4-5-19)25-31-15-20(14-30)39(25)35-27/h11-15,18-19,29-30H,2-10,16H2,1H3,(H2,32,33,34,35). The minimum absolute atomic E-state index is 0.0752. The number of hydrogen-bond donors (Lipinski definition) is 4. The van der Waals surface area contributed by atoms with Crippen LogP contribution in [0.1, 0.15) is 36.9 Å². The summed E-state index contributed by atoms with van der Waals surface area (Å²) in [4.78, 5) is 28.6. The van der Waals surface area contributed by atoms with Crippen LogP contribution in [0, 0.1) is 16.7 Å². The number of carbonyl (C=O) groups is 1. The molecule has 210 valence electrons. The number of aromatic nitrogens is 4. The number of rotatable bonds is 8. The van der Waals surface area contributed by atoms with E-state index < -0.39 is 0 Å². The lowest BCUT2D eigenvalue weighted by molar-refractivity contribution is -0.137. The van der Waals surface area contributed by atoms with Crippen molar-refractivity contribution in [3.05, 3.63) is 34.6 Å². The van der Waals surface area contributed by atoms with Crippen molar-refractivity contribution in [2.75, 3.05) is 61.8 Å². The zero-order valence-electron chi connectivity index (χ0n) is 22.5. The van der Waals surface area contributed by atoms with Crippen LogP contribution in [-0.4, -0.2) is 100 Å². The number of imidazole rings is 1. The van der Waals surface area contributed by atoms with E-state index in [1.165, 1.54) is 12.4 Å². The molecule has 1 aromatic carbocycles. The van der Waals surface area contributed by atoms with Gasteiger partial charge in [-0.05, 0) is 57.0 Å². The SMILES string of the molecule is CN1CCCC(C(=O)N2CCN(c3cc(C=N)cc(Nc4nc(NC5CC5)c5ncc(C=N)n5n4)c3Cl)CC2)C1. The second kappa shape index (κ2) is 11.0. The molecule has 0 radical (unpaired) electrons. The number of nitrogens with one attached hydrogen (secondary N) is 4. The van der Waals surface area contributed by atoms with E-state index in [0.717, 1.165) is 44.5 Å². The molecule has 2 aliphatic heterocycles. The van der Waals surface area contributed by atoms with Gasteiger partial charge >= 0.3 is 0 Å². The first-order valence-corrected chi connectivity index (χ1v) is 14.2. The zero-order valence-corrected chi connectivity index (χ0v) is 23.3. The summed E-state index contributed by atoms with van der Waals surface area (Å²) in [6.45, 7) is 4.47. The maximum Gasteiger partial charge on any atom is 0.247 e. The van der Waals surface area contributed by atoms with Crippen LogP contribution < -0.4 is 15.5 Å². The second-order valence-electron chi connectivity index (χ2n) is 10.9. The molecule has 1 saturated carbocycles. The lowest BCUT2D eigenvalue weighted by atomic mass is 9.96. The summed E-state index contributed by atoms with van der Waals surface area (Å²) in [6, 6.07) is 4.06. The molecule has 2 saturated heterocycles. The van der Waals surface area contributed by atoms with Gasteiger partial charge in [0.1, 0.15) is 5.69 Å². The predicted octanol–water partition coefficient (Wildman–Crippen LogP) is 3.08. The van der Waals surface area contributed by atoms with E-state index in [9.17, 15) is 4.79 Å². The number of benzene rings is 1. The van der Waals surface area contributed by atoms with E-state index >= 15 is 0 Å². The average Bonchev–Trinajstić information content (AvgIpc) is 3.69. The molecule has 12 nitrogen and oxygen atoms in total. The van der Waals surface area contributed by atoms with Crippen LogP contribution in [0.3, 0.4) is 0 Å². The van der Waals surface area contributed by atoms with E-state index in [1.54, 1.807) is 16.8 Å². The number of likely N-dealkylation sites (tertiary alicyclic amines) is 1. The lowest BCUT2D eigenvalue weighted by Crippen LogP contribution is -2.52. The van der Waals surface area contributed by atoms with Crippen molar-refractivity contribution in [2.45, 2.75) is 31.7 Å². The molecular weight excluding hydrogens is 530 g/mol. The summed E-state index contributed by atoms with van der Waals surface area (Å²) in [6.07, 6.45) is 8.25. The van der Waals surface area contributed by atoms with Crippen molar-refractivity contribution >= 4 is 58.7 Å². The minimum Gasteiger partial charge on any atom is -0.367 e. The molecule has 4 heterocycles. The number of anilines is 4. The van der Waals surface area contributed by atoms with Gasteiger partial charge in [-0.1, -0.05) is 11.6 Å². The average molecular weight is 564 g/mol. The number of carbonyl (C=O) groups excluding carboxylic acids is 1. The summed E-state index contributed by atoms with van der Waals surface area (Å²) < 4.78 is 1.59. The molecule has 0 bridgehead atoms. The molecule has 1 amide bonds. The van der Waals surface area contributed by atoms with Gasteiger partial charge in [-0.25, -0.2) is 9.50 Å². The highest BCUT2D eigenvalue weighted by Gasteiger charge is 2.31. The van der Waals surface area contributed by atoms with Crippen LogP contribution in [0.15, 0.2) is 18.3 Å². The van der Waals surface area contributed by atoms with Crippen LogP contribution in [0.4, 0.5) is 23.1 Å². The Hall–Kier alpha value is -3.77. The molecule has 3 aromatic rings. The van der Waals surface area contributed by atoms with Crippen molar-refractivity contribution in [3.63, 3.8) is 0 Å². The second-order valence-corrected chi connectivity index (χ2v) is 11.2. The van der Waals surface area contributed by atoms with Crippen molar-refractivity contribution in [2.24, 2.45) is 5.92 Å². The van der Waals surface area contributed by atoms with Gasteiger partial charge in [0.25, 0.3) is 0 Å². The molecule has 40 heavy (non-hydrogen) atoms. The summed E-state index contributed by atoms with van der Waals surface area (Å²) in [5.41, 5.74) is 3.16. The van der Waals surface area contributed by atoms with E-state index in [2.05, 4.69) is 42.5 Å². The Labute approximate surface area is 237 Å². The minimum atomic E-state index is 0.0752. The number of nitrogens with zero attached hydrogens (tertiary/aromatic N) is 7. The Morgan fingerprint density at radius 1 is 1.10 bits per heavy atom. The first kappa shape index (κ1) is 26.5. The Balaban J connectivity index is 1.23. The van der Waals surface area contributed by atoms with Gasteiger partial charge in [0.05, 0.1) is 28.5 Å². The molecule has 13 heteroatoms. The number of amides is 1. The van der Waals surface area contributed by atoms with Crippen LogP contribution in [0.25, 0.3) is 5.65 Å². The number of fused-ring (bicyclic) bond motifs is 1. The number of hydrogen-bond acceptors (Lipinski definition) is 10. The molecule has 3 aliphatic rings. The first-order chi connectivity index (χ1) is 19.4. The highest BCUT2D eigenvalue weighted by Crippen LogP contribution is 2.36. The van der Waals surface area contributed by atoms with Gasteiger partial charge in [0.15, 0.2) is 11.5 Å². The largest absolute Gasteiger partial charge is 0.367 e. The van der Waals surface area contributed by atoms with Gasteiger partial charge in [-0.3, -0.25) is 4.79 Å².